The molecule has 0 fully saturated rings. The van der Waals surface area contributed by atoms with Crippen molar-refractivity contribution in [3.63, 3.8) is 0 Å². The van der Waals surface area contributed by atoms with Gasteiger partial charge in [-0.3, -0.25) is 4.57 Å². The molecule has 0 spiro atoms. The predicted molar refractivity (Wildman–Crippen MR) is 192 cm³/mol. The van der Waals surface area contributed by atoms with Crippen LogP contribution in [-0.2, 0) is 0 Å². The van der Waals surface area contributed by atoms with Crippen LogP contribution in [0.2, 0.25) is 0 Å². The second kappa shape index (κ2) is 10.4. The van der Waals surface area contributed by atoms with Gasteiger partial charge in [0.25, 0.3) is 0 Å². The van der Waals surface area contributed by atoms with E-state index in [2.05, 4.69) is 89.5 Å². The average Bonchev–Trinajstić information content (AvgIpc) is 3.75. The summed E-state index contributed by atoms with van der Waals surface area (Å²) in [4.78, 5) is 17.0. The largest absolute Gasteiger partial charge is 0.278 e. The zero-order valence-electron chi connectivity index (χ0n) is 25.6. The van der Waals surface area contributed by atoms with Gasteiger partial charge in [-0.05, 0) is 52.6 Å². The molecule has 0 bridgehead atoms. The van der Waals surface area contributed by atoms with Crippen molar-refractivity contribution in [3.8, 4) is 34.4 Å². The van der Waals surface area contributed by atoms with Crippen LogP contribution < -0.4 is 0 Å². The summed E-state index contributed by atoms with van der Waals surface area (Å²) in [6.45, 7) is 0. The molecule has 3 heterocycles. The Balaban J connectivity index is 1.19. The lowest BCUT2D eigenvalue weighted by Crippen LogP contribution is -2.06. The molecule has 0 atom stereocenters. The minimum atomic E-state index is 0.578. The van der Waals surface area contributed by atoms with Crippen LogP contribution in [0.3, 0.4) is 0 Å². The third-order valence-electron chi connectivity index (χ3n) is 9.03. The van der Waals surface area contributed by atoms with E-state index in [-0.39, 0.29) is 0 Å². The molecule has 0 saturated heterocycles. The zero-order valence-corrected chi connectivity index (χ0v) is 25.6. The first kappa shape index (κ1) is 26.5. The van der Waals surface area contributed by atoms with E-state index >= 15 is 0 Å². The molecule has 3 aromatic heterocycles. The van der Waals surface area contributed by atoms with E-state index < -0.39 is 0 Å². The van der Waals surface area contributed by atoms with Gasteiger partial charge in [-0.2, -0.15) is 14.8 Å². The van der Waals surface area contributed by atoms with Crippen LogP contribution in [0.15, 0.2) is 152 Å². The molecule has 0 amide bonds. The van der Waals surface area contributed by atoms with Crippen LogP contribution in [0.5, 0.6) is 0 Å². The fraction of sp³-hybridized carbons (Fsp3) is 0. The molecule has 7 nitrogen and oxygen atoms in total. The molecule has 7 aromatic carbocycles. The number of fused-ring (bicyclic) bond motifs is 8. The van der Waals surface area contributed by atoms with E-state index in [9.17, 15) is 0 Å². The Morgan fingerprint density at radius 2 is 1.06 bits per heavy atom. The number of para-hydroxylation sites is 3. The molecule has 7 heteroatoms. The summed E-state index contributed by atoms with van der Waals surface area (Å²) in [7, 11) is 0. The van der Waals surface area contributed by atoms with Crippen molar-refractivity contribution in [1.82, 2.24) is 34.5 Å². The van der Waals surface area contributed by atoms with Gasteiger partial charge in [0, 0.05) is 27.3 Å². The first-order chi connectivity index (χ1) is 23.8. The quantitative estimate of drug-likeness (QED) is 0.185. The average molecular weight is 616 g/mol. The summed E-state index contributed by atoms with van der Waals surface area (Å²) in [5, 5.41) is 16.4. The number of benzene rings is 7. The Bertz CT molecular complexity index is 2780. The van der Waals surface area contributed by atoms with Gasteiger partial charge in [0.05, 0.1) is 16.7 Å². The van der Waals surface area contributed by atoms with Crippen molar-refractivity contribution >= 4 is 54.4 Å². The Morgan fingerprint density at radius 3 is 1.81 bits per heavy atom. The molecule has 10 aromatic rings. The lowest BCUT2D eigenvalue weighted by atomic mass is 9.99. The minimum Gasteiger partial charge on any atom is -0.278 e. The SMILES string of the molecule is c1ccc(-c2nc(-c3ccc4c(ccc5ccc6nn(-c7ccccc7)nc6c54)c3)nc(-n3c4ccccc4c4ccccc43)n2)cc1. The van der Waals surface area contributed by atoms with Gasteiger partial charge in [-0.15, -0.1) is 10.2 Å². The third kappa shape index (κ3) is 4.11. The summed E-state index contributed by atoms with van der Waals surface area (Å²) >= 11 is 0. The van der Waals surface area contributed by atoms with Gasteiger partial charge in [0.15, 0.2) is 11.6 Å². The van der Waals surface area contributed by atoms with Gasteiger partial charge in [-0.25, -0.2) is 4.98 Å². The molecule has 0 unspecified atom stereocenters. The van der Waals surface area contributed by atoms with Crippen molar-refractivity contribution in [1.29, 1.82) is 0 Å². The molecule has 48 heavy (non-hydrogen) atoms. The Morgan fingerprint density at radius 1 is 0.438 bits per heavy atom. The molecule has 0 N–H and O–H groups in total. The number of hydrogen-bond donors (Lipinski definition) is 0. The van der Waals surface area contributed by atoms with Crippen LogP contribution in [0.4, 0.5) is 0 Å². The fourth-order valence-corrected chi connectivity index (χ4v) is 6.79. The third-order valence-corrected chi connectivity index (χ3v) is 9.03. The van der Waals surface area contributed by atoms with Crippen LogP contribution in [0, 0.1) is 0 Å². The van der Waals surface area contributed by atoms with Crippen LogP contribution in [0.25, 0.3) is 88.8 Å². The lowest BCUT2D eigenvalue weighted by Gasteiger charge is -2.11. The normalized spacial score (nSPS) is 11.8. The Hall–Kier alpha value is -6.73. The second-order valence-corrected chi connectivity index (χ2v) is 11.9. The number of hydrogen-bond acceptors (Lipinski definition) is 5. The van der Waals surface area contributed by atoms with E-state index in [4.69, 9.17) is 25.1 Å². The second-order valence-electron chi connectivity index (χ2n) is 11.9. The molecule has 224 valence electrons. The highest BCUT2D eigenvalue weighted by Crippen LogP contribution is 2.35. The minimum absolute atomic E-state index is 0.578. The monoisotopic (exact) mass is 615 g/mol. The summed E-state index contributed by atoms with van der Waals surface area (Å²) in [5.41, 5.74) is 6.58. The van der Waals surface area contributed by atoms with Crippen LogP contribution >= 0.6 is 0 Å². The smallest absolute Gasteiger partial charge is 0.238 e. The van der Waals surface area contributed by atoms with Crippen molar-refractivity contribution in [2.24, 2.45) is 0 Å². The Labute approximate surface area is 274 Å². The van der Waals surface area contributed by atoms with Gasteiger partial charge >= 0.3 is 0 Å². The van der Waals surface area contributed by atoms with Gasteiger partial charge in [-0.1, -0.05) is 115 Å². The number of aromatic nitrogens is 7. The fourth-order valence-electron chi connectivity index (χ4n) is 6.79. The lowest BCUT2D eigenvalue weighted by molar-refractivity contribution is 0.766. The molecular formula is C41H25N7. The summed E-state index contributed by atoms with van der Waals surface area (Å²) in [6, 6.07) is 51.8. The first-order valence-corrected chi connectivity index (χ1v) is 15.9. The van der Waals surface area contributed by atoms with Crippen molar-refractivity contribution in [2.75, 3.05) is 0 Å². The summed E-state index contributed by atoms with van der Waals surface area (Å²) < 4.78 is 2.14. The highest BCUT2D eigenvalue weighted by molar-refractivity contribution is 6.18. The molecular weight excluding hydrogens is 591 g/mol. The topological polar surface area (TPSA) is 74.3 Å². The predicted octanol–water partition coefficient (Wildman–Crippen LogP) is 9.34. The molecule has 0 aliphatic rings. The van der Waals surface area contributed by atoms with Crippen molar-refractivity contribution in [3.05, 3.63) is 152 Å². The molecule has 0 radical (unpaired) electrons. The van der Waals surface area contributed by atoms with E-state index in [1.165, 1.54) is 0 Å². The van der Waals surface area contributed by atoms with E-state index in [0.717, 1.165) is 71.2 Å². The van der Waals surface area contributed by atoms with Gasteiger partial charge < -0.3 is 0 Å². The maximum Gasteiger partial charge on any atom is 0.238 e. The van der Waals surface area contributed by atoms with Crippen LogP contribution in [-0.4, -0.2) is 34.5 Å². The number of nitrogens with zero attached hydrogens (tertiary/aromatic N) is 7. The summed E-state index contributed by atoms with van der Waals surface area (Å²) in [6.07, 6.45) is 0. The molecule has 0 aliphatic heterocycles. The van der Waals surface area contributed by atoms with Gasteiger partial charge in [0.1, 0.15) is 11.0 Å². The molecule has 0 aliphatic carbocycles. The standard InChI is InChI=1S/C41H25N7/c1-3-11-27(12-4-1)39-42-40(44-41(43-39)47-35-17-9-7-15-32(35)33-16-8-10-18-36(33)47)29-21-23-31-28(25-29)20-19-26-22-24-34-38(37(26)31)46-48(45-34)30-13-5-2-6-14-30/h1-25H. The molecule has 10 rings (SSSR count). The first-order valence-electron chi connectivity index (χ1n) is 15.9. The highest BCUT2D eigenvalue weighted by atomic mass is 15.5. The maximum absolute atomic E-state index is 5.14. The maximum atomic E-state index is 5.14. The van der Waals surface area contributed by atoms with E-state index in [0.29, 0.717) is 17.6 Å². The summed E-state index contributed by atoms with van der Waals surface area (Å²) in [5.74, 6) is 1.81. The zero-order chi connectivity index (χ0) is 31.6. The van der Waals surface area contributed by atoms with Crippen molar-refractivity contribution < 1.29 is 0 Å². The van der Waals surface area contributed by atoms with Crippen molar-refractivity contribution in [2.45, 2.75) is 0 Å². The van der Waals surface area contributed by atoms with E-state index in [1.54, 1.807) is 4.80 Å². The molecule has 0 saturated carbocycles. The highest BCUT2D eigenvalue weighted by Gasteiger charge is 2.18. The number of rotatable bonds is 4. The van der Waals surface area contributed by atoms with Gasteiger partial charge in [0.2, 0.25) is 5.95 Å². The van der Waals surface area contributed by atoms with Crippen LogP contribution in [0.1, 0.15) is 0 Å². The Kier molecular flexibility index (Phi) is 5.74. The van der Waals surface area contributed by atoms with E-state index in [1.807, 2.05) is 66.7 Å².